The van der Waals surface area contributed by atoms with Crippen molar-refractivity contribution in [1.29, 1.82) is 0 Å². The third-order valence-electron chi connectivity index (χ3n) is 0. The van der Waals surface area contributed by atoms with E-state index in [1.165, 1.54) is 0 Å². The molecule has 0 heterocycles. The molecular weight excluding hydrogens is 305 g/mol. The van der Waals surface area contributed by atoms with Gasteiger partial charge >= 0.3 is 94.9 Å². The maximum atomic E-state index is 8.55. The number of hydrogen-bond acceptors (Lipinski definition) is 5. The largest absolute Gasteiger partial charge is 2.00 e. The van der Waals surface area contributed by atoms with Crippen molar-refractivity contribution in [2.45, 2.75) is 0 Å². The first kappa shape index (κ1) is 48.1. The summed E-state index contributed by atoms with van der Waals surface area (Å²) in [5.41, 5.74) is 0. The van der Waals surface area contributed by atoms with Crippen LogP contribution in [0.3, 0.4) is 0 Å². The van der Waals surface area contributed by atoms with Crippen LogP contribution >= 0.6 is 7.82 Å². The average molecular weight is 306 g/mol. The molecule has 0 aromatic rings. The van der Waals surface area contributed by atoms with E-state index in [0.717, 1.165) is 0 Å². The molecule has 0 aromatic heterocycles. The first-order chi connectivity index (χ1) is 2.00. The smallest absolute Gasteiger partial charge is 1.00 e. The van der Waals surface area contributed by atoms with Gasteiger partial charge in [0, 0.05) is 0 Å². The summed E-state index contributed by atoms with van der Waals surface area (Å²) in [5, 5.41) is 0. The maximum Gasteiger partial charge on any atom is 2.00 e. The van der Waals surface area contributed by atoms with Gasteiger partial charge in [0.15, 0.2) is 0 Å². The van der Waals surface area contributed by atoms with Crippen LogP contribution in [0.2, 0.25) is 0 Å². The molecule has 11 heavy (non-hydrogen) atoms. The fraction of sp³-hybridized carbons (Fsp3) is 0. The summed E-state index contributed by atoms with van der Waals surface area (Å²) in [6.45, 7) is 0. The second-order valence-electron chi connectivity index (χ2n) is 0.447. The molecule has 0 fully saturated rings. The van der Waals surface area contributed by atoms with E-state index in [1.807, 2.05) is 0 Å². The molecule has 0 saturated heterocycles. The zero-order valence-electron chi connectivity index (χ0n) is 5.05. The molecule has 59 valence electrons. The van der Waals surface area contributed by atoms with E-state index in [4.69, 9.17) is 19.2 Å². The molecule has 0 amide bonds. The summed E-state index contributed by atoms with van der Waals surface area (Å²) in [4.78, 5) is 25.6. The number of rotatable bonds is 0. The summed E-state index contributed by atoms with van der Waals surface area (Å²) in [7, 11) is -5.39. The third-order valence-corrected chi connectivity index (χ3v) is 0. The average Bonchev–Trinajstić information content (AvgIpc) is 0.722. The molecule has 0 aliphatic carbocycles. The molecule has 1 N–H and O–H groups in total. The molecule has 11 heteroatoms. The van der Waals surface area contributed by atoms with E-state index >= 15 is 0 Å². The predicted octanol–water partition coefficient (Wildman–Crippen LogP) is -6.76. The van der Waals surface area contributed by atoms with Gasteiger partial charge in [-0.3, -0.25) is 0 Å². The molecule has 0 aromatic carbocycles. The number of hydrogen-bond donors (Lipinski definition) is 0. The van der Waals surface area contributed by atoms with Gasteiger partial charge in [-0.15, -0.1) is 0 Å². The molecule has 0 spiro atoms. The van der Waals surface area contributed by atoms with Crippen molar-refractivity contribution in [2.24, 2.45) is 0 Å². The van der Waals surface area contributed by atoms with Crippen molar-refractivity contribution in [3.05, 3.63) is 0 Å². The SMILES string of the molecule is O=P([O-])([O-])[O-].[Ca+2].[F-].[Fe+2].[Mg+2].[Mn+2].[OH-]. The van der Waals surface area contributed by atoms with Gasteiger partial charge in [0.05, 0.1) is 0 Å². The van der Waals surface area contributed by atoms with Crippen LogP contribution in [-0.2, 0) is 38.7 Å². The van der Waals surface area contributed by atoms with Crippen LogP contribution in [0.4, 0.5) is 0 Å². The molecule has 0 rings (SSSR count). The van der Waals surface area contributed by atoms with Crippen molar-refractivity contribution in [2.75, 3.05) is 0 Å². The van der Waals surface area contributed by atoms with Gasteiger partial charge in [0.25, 0.3) is 0 Å². The monoisotopic (exact) mass is 306 g/mol. The van der Waals surface area contributed by atoms with Gasteiger partial charge in [0.2, 0.25) is 0 Å². The van der Waals surface area contributed by atoms with Crippen molar-refractivity contribution < 1.29 is 63.6 Å². The molecular formula is HCaFFeMgMnO5P+3. The summed E-state index contributed by atoms with van der Waals surface area (Å²) in [6, 6.07) is 0. The van der Waals surface area contributed by atoms with Crippen LogP contribution < -0.4 is 19.4 Å². The fourth-order valence-electron chi connectivity index (χ4n) is 0. The standard InChI is InChI=1S/Ca.FH.Fe.Mg.Mn.H3O4P.H2O/c;;;;;1-5(2,3)4;/h;1H;;;;(H3,1,2,3,4);1H2/q+2;;3*+2;;/p-5. The summed E-state index contributed by atoms with van der Waals surface area (Å²) >= 11 is 0. The number of phosphoric acid groups is 1. The Hall–Kier alpha value is 3.06. The Labute approximate surface area is 130 Å². The Morgan fingerprint density at radius 3 is 1.09 bits per heavy atom. The molecule has 5 nitrogen and oxygen atoms in total. The number of halogens is 1. The molecule has 0 aliphatic rings. The van der Waals surface area contributed by atoms with Crippen molar-refractivity contribution in [3.63, 3.8) is 0 Å². The molecule has 0 unspecified atom stereocenters. The minimum Gasteiger partial charge on any atom is -1.00 e. The fourth-order valence-corrected chi connectivity index (χ4v) is 0. The van der Waals surface area contributed by atoms with E-state index in [1.54, 1.807) is 0 Å². The van der Waals surface area contributed by atoms with Gasteiger partial charge in [-0.1, -0.05) is 0 Å². The summed E-state index contributed by atoms with van der Waals surface area (Å²) in [6.07, 6.45) is 0. The van der Waals surface area contributed by atoms with E-state index in [0.29, 0.717) is 0 Å². The Morgan fingerprint density at radius 2 is 1.09 bits per heavy atom. The first-order valence-corrected chi connectivity index (χ1v) is 2.19. The second kappa shape index (κ2) is 23.1. The van der Waals surface area contributed by atoms with Crippen LogP contribution in [0.15, 0.2) is 0 Å². The van der Waals surface area contributed by atoms with Crippen molar-refractivity contribution in [3.8, 4) is 0 Å². The molecule has 0 saturated carbocycles. The summed E-state index contributed by atoms with van der Waals surface area (Å²) in [5.74, 6) is 0. The van der Waals surface area contributed by atoms with E-state index in [2.05, 4.69) is 0 Å². The minimum absolute atomic E-state index is 0. The maximum absolute atomic E-state index is 8.55. The Bertz CT molecular complexity index is 72.6. The van der Waals surface area contributed by atoms with Gasteiger partial charge in [-0.2, -0.15) is 7.82 Å². The normalized spacial score (nSPS) is 5.36. The van der Waals surface area contributed by atoms with Gasteiger partial charge in [-0.05, 0) is 0 Å². The Balaban J connectivity index is -0.00000000533. The second-order valence-corrected chi connectivity index (χ2v) is 1.34. The molecule has 0 atom stereocenters. The van der Waals surface area contributed by atoms with Crippen molar-refractivity contribution >= 4 is 68.6 Å². The van der Waals surface area contributed by atoms with Gasteiger partial charge < -0.3 is 29.4 Å². The zero-order valence-corrected chi connectivity index (χ0v) is 11.9. The van der Waals surface area contributed by atoms with E-state index < -0.39 is 7.82 Å². The van der Waals surface area contributed by atoms with Gasteiger partial charge in [0.1, 0.15) is 0 Å². The molecule has 0 aliphatic heterocycles. The van der Waals surface area contributed by atoms with Crippen LogP contribution in [0.5, 0.6) is 0 Å². The quantitative estimate of drug-likeness (QED) is 0.326. The first-order valence-electron chi connectivity index (χ1n) is 0.730. The van der Waals surface area contributed by atoms with Crippen LogP contribution in [0.25, 0.3) is 0 Å². The third kappa shape index (κ3) is 170. The van der Waals surface area contributed by atoms with E-state index in [9.17, 15) is 0 Å². The minimum atomic E-state index is -5.39. The molecule has 0 bridgehead atoms. The van der Waals surface area contributed by atoms with E-state index in [-0.39, 0.29) is 105 Å². The zero-order chi connectivity index (χ0) is 4.50. The predicted molar refractivity (Wildman–Crippen MR) is 21.1 cm³/mol. The van der Waals surface area contributed by atoms with Gasteiger partial charge in [-0.25, -0.2) is 0 Å². The van der Waals surface area contributed by atoms with Crippen LogP contribution in [0.1, 0.15) is 0 Å². The molecule has 1 radical (unpaired) electrons. The summed E-state index contributed by atoms with van der Waals surface area (Å²) < 4.78 is 8.55. The Morgan fingerprint density at radius 1 is 1.09 bits per heavy atom. The Kier molecular flexibility index (Phi) is 101. The van der Waals surface area contributed by atoms with Crippen LogP contribution in [0, 0.1) is 0 Å². The topological polar surface area (TPSA) is 116 Å². The van der Waals surface area contributed by atoms with Crippen molar-refractivity contribution in [1.82, 2.24) is 0 Å². The van der Waals surface area contributed by atoms with Crippen LogP contribution in [-0.4, -0.2) is 66.3 Å².